The first-order chi connectivity index (χ1) is 17.4. The van der Waals surface area contributed by atoms with Crippen LogP contribution in [0.1, 0.15) is 119 Å². The molecule has 0 aromatic rings. The lowest BCUT2D eigenvalue weighted by atomic mass is 9.45. The molecular weight excluding hydrogens is 442 g/mol. The monoisotopic (exact) mass is 503 g/mol. The van der Waals surface area contributed by atoms with Gasteiger partial charge in [0.2, 0.25) is 0 Å². The summed E-state index contributed by atoms with van der Waals surface area (Å²) >= 11 is 0. The molecule has 0 bridgehead atoms. The predicted molar refractivity (Wildman–Crippen MR) is 157 cm³/mol. The summed E-state index contributed by atoms with van der Waals surface area (Å²) in [6.07, 6.45) is 17.6. The molecule has 1 aliphatic heterocycles. The Morgan fingerprint density at radius 1 is 0.917 bits per heavy atom. The minimum absolute atomic E-state index is 0.533. The number of nitrogens with zero attached hydrogens (tertiary/aromatic N) is 1. The molecule has 0 aromatic carbocycles. The molecule has 4 aliphatic carbocycles. The molecule has 5 aliphatic rings. The molecule has 3 N–H and O–H groups in total. The summed E-state index contributed by atoms with van der Waals surface area (Å²) in [5.74, 6) is 5.66. The molecule has 36 heavy (non-hydrogen) atoms. The Morgan fingerprint density at radius 3 is 2.28 bits per heavy atom. The number of carbonyl (C=O) groups excluding carboxylic acids is 1. The smallest absolute Gasteiger partial charge is 0.106 e. The van der Waals surface area contributed by atoms with E-state index in [0.717, 1.165) is 42.1 Å². The zero-order valence-electron chi connectivity index (χ0n) is 25.1. The van der Waals surface area contributed by atoms with E-state index in [1.165, 1.54) is 89.9 Å². The molecule has 9 unspecified atom stereocenters. The number of hydrogen-bond acceptors (Lipinski definition) is 4. The second kappa shape index (κ2) is 14.4. The van der Waals surface area contributed by atoms with Gasteiger partial charge in [-0.3, -0.25) is 4.99 Å². The summed E-state index contributed by atoms with van der Waals surface area (Å²) in [5.41, 5.74) is 7.21. The Hall–Kier alpha value is -0.740. The van der Waals surface area contributed by atoms with E-state index in [1.54, 1.807) is 6.42 Å². The number of nitrogens with one attached hydrogen (secondary N) is 1. The van der Waals surface area contributed by atoms with Gasteiger partial charge in [-0.2, -0.15) is 0 Å². The highest BCUT2D eigenvalue weighted by Crippen LogP contribution is 2.67. The SMILES string of the molecule is C=O.CC.CC(=NCCC1NCCC1C)C1CCC2C3CCC4CCCCC4(C)C3CCC12C.CN. The van der Waals surface area contributed by atoms with Crippen LogP contribution in [0.5, 0.6) is 0 Å². The van der Waals surface area contributed by atoms with Crippen molar-refractivity contribution in [3.05, 3.63) is 0 Å². The van der Waals surface area contributed by atoms with Gasteiger partial charge >= 0.3 is 0 Å². The van der Waals surface area contributed by atoms with Gasteiger partial charge < -0.3 is 15.8 Å². The molecule has 1 heterocycles. The highest BCUT2D eigenvalue weighted by atomic mass is 16.1. The zero-order chi connectivity index (χ0) is 26.9. The molecule has 210 valence electrons. The van der Waals surface area contributed by atoms with Crippen molar-refractivity contribution < 1.29 is 4.79 Å². The fourth-order valence-corrected chi connectivity index (χ4v) is 9.76. The Kier molecular flexibility index (Phi) is 12.6. The first kappa shape index (κ1) is 31.5. The summed E-state index contributed by atoms with van der Waals surface area (Å²) in [6, 6.07) is 0.704. The highest BCUT2D eigenvalue weighted by molar-refractivity contribution is 5.85. The fraction of sp³-hybridized carbons (Fsp3) is 0.938. The van der Waals surface area contributed by atoms with Crippen LogP contribution >= 0.6 is 0 Å². The number of carbonyl (C=O) groups is 1. The van der Waals surface area contributed by atoms with Crippen LogP contribution in [-0.4, -0.2) is 38.7 Å². The summed E-state index contributed by atoms with van der Waals surface area (Å²) in [4.78, 5) is 13.2. The molecule has 9 atom stereocenters. The number of fused-ring (bicyclic) bond motifs is 5. The van der Waals surface area contributed by atoms with Gasteiger partial charge in [0.15, 0.2) is 0 Å². The van der Waals surface area contributed by atoms with E-state index in [4.69, 9.17) is 9.79 Å². The van der Waals surface area contributed by atoms with Gasteiger partial charge in [0.05, 0.1) is 0 Å². The van der Waals surface area contributed by atoms with Gasteiger partial charge in [0, 0.05) is 24.2 Å². The molecular formula is C32H61N3O. The van der Waals surface area contributed by atoms with Crippen molar-refractivity contribution in [2.24, 2.45) is 57.1 Å². The minimum atomic E-state index is 0.533. The van der Waals surface area contributed by atoms with Gasteiger partial charge in [-0.05, 0) is 125 Å². The third kappa shape index (κ3) is 6.11. The Balaban J connectivity index is 0.000000710. The van der Waals surface area contributed by atoms with Crippen molar-refractivity contribution in [1.82, 2.24) is 5.32 Å². The largest absolute Gasteiger partial charge is 0.333 e. The first-order valence-corrected chi connectivity index (χ1v) is 15.5. The van der Waals surface area contributed by atoms with Crippen LogP contribution in [0.4, 0.5) is 0 Å². The summed E-state index contributed by atoms with van der Waals surface area (Å²) < 4.78 is 0. The van der Waals surface area contributed by atoms with Crippen LogP contribution in [0, 0.1) is 46.3 Å². The van der Waals surface area contributed by atoms with E-state index < -0.39 is 0 Å². The summed E-state index contributed by atoms with van der Waals surface area (Å²) in [6.45, 7) is 18.4. The van der Waals surface area contributed by atoms with E-state index in [9.17, 15) is 0 Å². The summed E-state index contributed by atoms with van der Waals surface area (Å²) in [5, 5.41) is 3.69. The maximum atomic E-state index is 8.00. The number of nitrogens with two attached hydrogens (primary N) is 1. The van der Waals surface area contributed by atoms with Crippen LogP contribution in [0.2, 0.25) is 0 Å². The fourth-order valence-electron chi connectivity index (χ4n) is 9.76. The van der Waals surface area contributed by atoms with Crippen molar-refractivity contribution in [3.63, 3.8) is 0 Å². The third-order valence-electron chi connectivity index (χ3n) is 11.6. The number of aliphatic imine (C=N–C) groups is 1. The van der Waals surface area contributed by atoms with Crippen molar-refractivity contribution in [1.29, 1.82) is 0 Å². The lowest BCUT2D eigenvalue weighted by Crippen LogP contribution is -2.53. The first-order valence-electron chi connectivity index (χ1n) is 15.5. The van der Waals surface area contributed by atoms with Crippen LogP contribution < -0.4 is 11.1 Å². The lowest BCUT2D eigenvalue weighted by Gasteiger charge is -2.60. The van der Waals surface area contributed by atoms with E-state index in [1.807, 2.05) is 20.6 Å². The molecule has 0 radical (unpaired) electrons. The van der Waals surface area contributed by atoms with Gasteiger partial charge in [0.1, 0.15) is 6.79 Å². The predicted octanol–water partition coefficient (Wildman–Crippen LogP) is 7.30. The van der Waals surface area contributed by atoms with Crippen LogP contribution in [0.3, 0.4) is 0 Å². The second-order valence-electron chi connectivity index (χ2n) is 12.7. The van der Waals surface area contributed by atoms with Gasteiger partial charge in [-0.15, -0.1) is 0 Å². The maximum Gasteiger partial charge on any atom is 0.106 e. The molecule has 4 heteroatoms. The van der Waals surface area contributed by atoms with E-state index in [-0.39, 0.29) is 0 Å². The average molecular weight is 504 g/mol. The molecule has 5 rings (SSSR count). The molecule has 0 aromatic heterocycles. The van der Waals surface area contributed by atoms with Crippen LogP contribution in [0.15, 0.2) is 4.99 Å². The average Bonchev–Trinajstić information content (AvgIpc) is 3.49. The summed E-state index contributed by atoms with van der Waals surface area (Å²) in [7, 11) is 1.50. The van der Waals surface area contributed by atoms with Gasteiger partial charge in [-0.25, -0.2) is 0 Å². The standard InChI is InChI=1S/C28H48N2.C2H6.CH5N.CH2O/c1-19-13-17-30-26(19)14-18-29-20(2)23-10-11-24-22-9-8-21-7-5-6-15-27(21,3)25(22)12-16-28(23,24)4;3*1-2/h19,21-26,30H,5-18H2,1-4H3;1-2H3;2H2,1H3;1H2. The van der Waals surface area contributed by atoms with Crippen LogP contribution in [-0.2, 0) is 4.79 Å². The molecule has 0 spiro atoms. The molecule has 5 fully saturated rings. The number of rotatable bonds is 4. The molecule has 0 amide bonds. The van der Waals surface area contributed by atoms with Crippen molar-refractivity contribution in [2.45, 2.75) is 125 Å². The van der Waals surface area contributed by atoms with E-state index >= 15 is 0 Å². The topological polar surface area (TPSA) is 67.5 Å². The maximum absolute atomic E-state index is 8.00. The van der Waals surface area contributed by atoms with Crippen molar-refractivity contribution in [2.75, 3.05) is 20.1 Å². The molecule has 4 saturated carbocycles. The van der Waals surface area contributed by atoms with Crippen molar-refractivity contribution >= 4 is 12.5 Å². The molecule has 4 nitrogen and oxygen atoms in total. The zero-order valence-corrected chi connectivity index (χ0v) is 25.1. The third-order valence-corrected chi connectivity index (χ3v) is 11.6. The Labute approximate surface area is 224 Å². The Morgan fingerprint density at radius 2 is 1.61 bits per heavy atom. The van der Waals surface area contributed by atoms with E-state index in [0.29, 0.717) is 16.9 Å². The Bertz CT molecular complexity index is 680. The molecule has 1 saturated heterocycles. The minimum Gasteiger partial charge on any atom is -0.333 e. The highest BCUT2D eigenvalue weighted by Gasteiger charge is 2.59. The van der Waals surface area contributed by atoms with Crippen molar-refractivity contribution in [3.8, 4) is 0 Å². The quantitative estimate of drug-likeness (QED) is 0.395. The van der Waals surface area contributed by atoms with E-state index in [2.05, 4.69) is 38.7 Å². The van der Waals surface area contributed by atoms with Crippen LogP contribution in [0.25, 0.3) is 0 Å². The lowest BCUT2D eigenvalue weighted by molar-refractivity contribution is -0.106. The van der Waals surface area contributed by atoms with Gasteiger partial charge in [-0.1, -0.05) is 47.5 Å². The normalized spacial score (nSPS) is 43.2. The number of hydrogen-bond donors (Lipinski definition) is 2. The second-order valence-corrected chi connectivity index (χ2v) is 12.7. The van der Waals surface area contributed by atoms with Gasteiger partial charge in [0.25, 0.3) is 0 Å².